The third kappa shape index (κ3) is 2.88. The first kappa shape index (κ1) is 13.4. The van der Waals surface area contributed by atoms with Crippen LogP contribution in [-0.4, -0.2) is 0 Å². The smallest absolute Gasteiger partial charge is 0.192 e. The van der Waals surface area contributed by atoms with E-state index < -0.39 is 11.7 Å². The standard InChI is InChI=1S/C14H7ClF3N/c15-12-3-1-2-9(6-12)13-7-11(14(16,17)18)5-4-10(13)8-19/h1-7H. The van der Waals surface area contributed by atoms with Crippen LogP contribution in [0, 0.1) is 11.3 Å². The summed E-state index contributed by atoms with van der Waals surface area (Å²) in [6, 6.07) is 11.3. The Morgan fingerprint density at radius 3 is 2.37 bits per heavy atom. The van der Waals surface area contributed by atoms with Crippen molar-refractivity contribution in [2.75, 3.05) is 0 Å². The van der Waals surface area contributed by atoms with Gasteiger partial charge < -0.3 is 0 Å². The summed E-state index contributed by atoms with van der Waals surface area (Å²) in [5.41, 5.74) is 0.0896. The van der Waals surface area contributed by atoms with Gasteiger partial charge in [0.2, 0.25) is 0 Å². The van der Waals surface area contributed by atoms with Gasteiger partial charge in [0.05, 0.1) is 17.2 Å². The molecule has 0 aliphatic carbocycles. The molecule has 0 heterocycles. The average molecular weight is 282 g/mol. The molecule has 96 valence electrons. The Kier molecular flexibility index (Phi) is 3.50. The Labute approximate surface area is 112 Å². The van der Waals surface area contributed by atoms with E-state index in [0.29, 0.717) is 10.6 Å². The van der Waals surface area contributed by atoms with E-state index in [1.165, 1.54) is 12.1 Å². The number of alkyl halides is 3. The first-order valence-corrected chi connectivity index (χ1v) is 5.67. The molecule has 0 radical (unpaired) electrons. The fraction of sp³-hybridized carbons (Fsp3) is 0.0714. The van der Waals surface area contributed by atoms with Crippen molar-refractivity contribution in [2.24, 2.45) is 0 Å². The second kappa shape index (κ2) is 4.94. The number of nitrogens with zero attached hydrogens (tertiary/aromatic N) is 1. The van der Waals surface area contributed by atoms with Gasteiger partial charge in [-0.05, 0) is 35.9 Å². The number of hydrogen-bond donors (Lipinski definition) is 0. The highest BCUT2D eigenvalue weighted by Crippen LogP contribution is 2.34. The largest absolute Gasteiger partial charge is 0.416 e. The molecule has 1 nitrogen and oxygen atoms in total. The van der Waals surface area contributed by atoms with E-state index in [4.69, 9.17) is 16.9 Å². The molecule has 19 heavy (non-hydrogen) atoms. The summed E-state index contributed by atoms with van der Waals surface area (Å²) in [6.45, 7) is 0. The zero-order valence-corrected chi connectivity index (χ0v) is 10.3. The molecular weight excluding hydrogens is 275 g/mol. The van der Waals surface area contributed by atoms with Crippen LogP contribution in [-0.2, 0) is 6.18 Å². The van der Waals surface area contributed by atoms with Gasteiger partial charge in [-0.25, -0.2) is 0 Å². The lowest BCUT2D eigenvalue weighted by atomic mass is 9.98. The Morgan fingerprint density at radius 2 is 1.79 bits per heavy atom. The minimum Gasteiger partial charge on any atom is -0.192 e. The number of hydrogen-bond acceptors (Lipinski definition) is 1. The molecule has 0 unspecified atom stereocenters. The van der Waals surface area contributed by atoms with Crippen molar-refractivity contribution in [1.82, 2.24) is 0 Å². The maximum Gasteiger partial charge on any atom is 0.416 e. The lowest BCUT2D eigenvalue weighted by Crippen LogP contribution is -2.05. The zero-order chi connectivity index (χ0) is 14.0. The van der Waals surface area contributed by atoms with Crippen molar-refractivity contribution in [2.45, 2.75) is 6.18 Å². The quantitative estimate of drug-likeness (QED) is 0.729. The van der Waals surface area contributed by atoms with Crippen LogP contribution < -0.4 is 0 Å². The molecule has 0 atom stereocenters. The summed E-state index contributed by atoms with van der Waals surface area (Å²) >= 11 is 5.81. The van der Waals surface area contributed by atoms with Crippen LogP contribution >= 0.6 is 11.6 Å². The molecule has 0 fully saturated rings. The van der Waals surface area contributed by atoms with E-state index in [-0.39, 0.29) is 11.1 Å². The normalized spacial score (nSPS) is 11.1. The molecule has 0 saturated carbocycles. The summed E-state index contributed by atoms with van der Waals surface area (Å²) in [7, 11) is 0. The van der Waals surface area contributed by atoms with Gasteiger partial charge in [0.15, 0.2) is 0 Å². The van der Waals surface area contributed by atoms with Gasteiger partial charge in [-0.2, -0.15) is 18.4 Å². The van der Waals surface area contributed by atoms with Gasteiger partial charge >= 0.3 is 6.18 Å². The molecule has 0 aliphatic heterocycles. The first-order chi connectivity index (χ1) is 8.91. The van der Waals surface area contributed by atoms with Crippen molar-refractivity contribution < 1.29 is 13.2 Å². The molecule has 2 aromatic carbocycles. The summed E-state index contributed by atoms with van der Waals surface area (Å²) < 4.78 is 38.1. The van der Waals surface area contributed by atoms with Gasteiger partial charge in [-0.1, -0.05) is 23.7 Å². The Morgan fingerprint density at radius 1 is 1.05 bits per heavy atom. The molecule has 0 N–H and O–H groups in total. The van der Waals surface area contributed by atoms with E-state index in [0.717, 1.165) is 12.1 Å². The SMILES string of the molecule is N#Cc1ccc(C(F)(F)F)cc1-c1cccc(Cl)c1. The highest BCUT2D eigenvalue weighted by molar-refractivity contribution is 6.30. The minimum absolute atomic E-state index is 0.176. The Hall–Kier alpha value is -1.99. The maximum atomic E-state index is 12.7. The third-order valence-corrected chi connectivity index (χ3v) is 2.84. The third-order valence-electron chi connectivity index (χ3n) is 2.60. The van der Waals surface area contributed by atoms with Crippen LogP contribution in [0.15, 0.2) is 42.5 Å². The van der Waals surface area contributed by atoms with Gasteiger partial charge in [0, 0.05) is 10.6 Å². The van der Waals surface area contributed by atoms with Crippen LogP contribution in [0.1, 0.15) is 11.1 Å². The Bertz CT molecular complexity index is 656. The lowest BCUT2D eigenvalue weighted by Gasteiger charge is -2.10. The fourth-order valence-corrected chi connectivity index (χ4v) is 1.90. The minimum atomic E-state index is -4.44. The zero-order valence-electron chi connectivity index (χ0n) is 9.50. The second-order valence-corrected chi connectivity index (χ2v) is 4.32. The van der Waals surface area contributed by atoms with Gasteiger partial charge in [-0.15, -0.1) is 0 Å². The van der Waals surface area contributed by atoms with Crippen LogP contribution in [0.25, 0.3) is 11.1 Å². The molecular formula is C14H7ClF3N. The topological polar surface area (TPSA) is 23.8 Å². The van der Waals surface area contributed by atoms with Crippen LogP contribution in [0.4, 0.5) is 13.2 Å². The highest BCUT2D eigenvalue weighted by atomic mass is 35.5. The molecule has 5 heteroatoms. The van der Waals surface area contributed by atoms with Gasteiger partial charge in [0.25, 0.3) is 0 Å². The molecule has 0 aliphatic rings. The number of halogens is 4. The van der Waals surface area contributed by atoms with Crippen LogP contribution in [0.3, 0.4) is 0 Å². The van der Waals surface area contributed by atoms with Crippen molar-refractivity contribution in [3.63, 3.8) is 0 Å². The summed E-state index contributed by atoms with van der Waals surface area (Å²) in [6.07, 6.45) is -4.44. The lowest BCUT2D eigenvalue weighted by molar-refractivity contribution is -0.137. The van der Waals surface area contributed by atoms with Gasteiger partial charge in [-0.3, -0.25) is 0 Å². The predicted octanol–water partition coefficient (Wildman–Crippen LogP) is 4.90. The van der Waals surface area contributed by atoms with E-state index in [2.05, 4.69) is 0 Å². The molecule has 0 aromatic heterocycles. The van der Waals surface area contributed by atoms with Crippen LogP contribution in [0.5, 0.6) is 0 Å². The van der Waals surface area contributed by atoms with Crippen LogP contribution in [0.2, 0.25) is 5.02 Å². The average Bonchev–Trinajstić information content (AvgIpc) is 2.37. The van der Waals surface area contributed by atoms with E-state index in [1.54, 1.807) is 18.2 Å². The van der Waals surface area contributed by atoms with E-state index in [9.17, 15) is 13.2 Å². The first-order valence-electron chi connectivity index (χ1n) is 5.29. The van der Waals surface area contributed by atoms with E-state index >= 15 is 0 Å². The Balaban J connectivity index is 2.64. The number of rotatable bonds is 1. The number of benzene rings is 2. The number of nitriles is 1. The highest BCUT2D eigenvalue weighted by Gasteiger charge is 2.31. The summed E-state index contributed by atoms with van der Waals surface area (Å²) in [5.74, 6) is 0. The molecule has 2 rings (SSSR count). The molecule has 0 bridgehead atoms. The molecule has 0 saturated heterocycles. The summed E-state index contributed by atoms with van der Waals surface area (Å²) in [5, 5.41) is 9.38. The van der Waals surface area contributed by atoms with E-state index in [1.807, 2.05) is 6.07 Å². The molecule has 0 amide bonds. The van der Waals surface area contributed by atoms with Crippen molar-refractivity contribution >= 4 is 11.6 Å². The predicted molar refractivity (Wildman–Crippen MR) is 66.6 cm³/mol. The monoisotopic (exact) mass is 281 g/mol. The fourth-order valence-electron chi connectivity index (χ4n) is 1.71. The van der Waals surface area contributed by atoms with Crippen molar-refractivity contribution in [3.8, 4) is 17.2 Å². The van der Waals surface area contributed by atoms with Gasteiger partial charge in [0.1, 0.15) is 0 Å². The summed E-state index contributed by atoms with van der Waals surface area (Å²) in [4.78, 5) is 0. The van der Waals surface area contributed by atoms with Crippen molar-refractivity contribution in [1.29, 1.82) is 5.26 Å². The molecule has 0 spiro atoms. The van der Waals surface area contributed by atoms with Crippen molar-refractivity contribution in [3.05, 3.63) is 58.6 Å². The second-order valence-electron chi connectivity index (χ2n) is 3.88. The molecule has 2 aromatic rings. The maximum absolute atomic E-state index is 12.7.